The van der Waals surface area contributed by atoms with Crippen LogP contribution in [0.1, 0.15) is 32.6 Å². The number of sulfonamides is 2. The van der Waals surface area contributed by atoms with Crippen molar-refractivity contribution in [2.45, 2.75) is 37.2 Å². The van der Waals surface area contributed by atoms with Crippen LogP contribution in [0.15, 0.2) is 0 Å². The zero-order valence-corrected chi connectivity index (χ0v) is 12.8. The average molecular weight is 322 g/mol. The minimum Gasteiger partial charge on any atom is -0.214 e. The van der Waals surface area contributed by atoms with E-state index in [-0.39, 0.29) is 25.9 Å². The lowest BCUT2D eigenvalue weighted by Gasteiger charge is -2.15. The molecule has 0 amide bonds. The van der Waals surface area contributed by atoms with Crippen LogP contribution in [0, 0.1) is 22.7 Å². The highest BCUT2D eigenvalue weighted by atomic mass is 32.3. The predicted octanol–water partition coefficient (Wildman–Crippen LogP) is -0.221. The predicted molar refractivity (Wildman–Crippen MR) is 73.0 cm³/mol. The smallest absolute Gasteiger partial charge is 0.214 e. The lowest BCUT2D eigenvalue weighted by atomic mass is 10.3. The summed E-state index contributed by atoms with van der Waals surface area (Å²) in [4.78, 5) is 0. The number of nitrogens with one attached hydrogen (secondary N) is 2. The SMILES string of the molecule is CC(S(=O)(=O)NCCCC#N)S(=O)(=O)NCCCC#N. The first-order chi connectivity index (χ1) is 9.28. The molecule has 0 radical (unpaired) electrons. The third-order valence-corrected chi connectivity index (χ3v) is 6.89. The zero-order chi connectivity index (χ0) is 15.6. The van der Waals surface area contributed by atoms with Gasteiger partial charge in [-0.1, -0.05) is 0 Å². The van der Waals surface area contributed by atoms with Crippen LogP contribution in [0.25, 0.3) is 0 Å². The van der Waals surface area contributed by atoms with Gasteiger partial charge in [-0.15, -0.1) is 0 Å². The minimum atomic E-state index is -4.02. The zero-order valence-electron chi connectivity index (χ0n) is 11.2. The van der Waals surface area contributed by atoms with E-state index in [4.69, 9.17) is 10.5 Å². The highest BCUT2D eigenvalue weighted by molar-refractivity contribution is 8.07. The van der Waals surface area contributed by atoms with Crippen molar-refractivity contribution in [3.8, 4) is 12.1 Å². The molecule has 0 aromatic heterocycles. The minimum absolute atomic E-state index is 0.0180. The molecule has 0 fully saturated rings. The van der Waals surface area contributed by atoms with Gasteiger partial charge in [0.1, 0.15) is 0 Å². The van der Waals surface area contributed by atoms with E-state index in [0.717, 1.165) is 6.92 Å². The summed E-state index contributed by atoms with van der Waals surface area (Å²) in [5.74, 6) is 0. The molecule has 8 nitrogen and oxygen atoms in total. The van der Waals surface area contributed by atoms with Crippen molar-refractivity contribution in [3.63, 3.8) is 0 Å². The summed E-state index contributed by atoms with van der Waals surface area (Å²) in [6.07, 6.45) is 1.02. The van der Waals surface area contributed by atoms with Crippen LogP contribution >= 0.6 is 0 Å². The number of rotatable bonds is 10. The average Bonchev–Trinajstić information content (AvgIpc) is 2.39. The van der Waals surface area contributed by atoms with Crippen LogP contribution in [0.2, 0.25) is 0 Å². The molecule has 0 bridgehead atoms. The first kappa shape index (κ1) is 18.8. The van der Waals surface area contributed by atoms with Gasteiger partial charge in [0, 0.05) is 25.9 Å². The maximum Gasteiger partial charge on any atom is 0.230 e. The molecular weight excluding hydrogens is 304 g/mol. The normalized spacial score (nSPS) is 12.0. The molecule has 0 saturated carbocycles. The Morgan fingerprint density at radius 3 is 1.55 bits per heavy atom. The van der Waals surface area contributed by atoms with Crippen LogP contribution in [-0.2, 0) is 20.0 Å². The standard InChI is InChI=1S/C10H18N4O4S2/c1-10(19(15,16)13-8-4-2-6-11)20(17,18)14-9-5-3-7-12/h10,13-14H,2-5,8-9H2,1H3. The van der Waals surface area contributed by atoms with Crippen LogP contribution in [-0.4, -0.2) is 34.5 Å². The molecule has 0 aliphatic rings. The number of nitriles is 2. The van der Waals surface area contributed by atoms with Crippen LogP contribution < -0.4 is 9.44 Å². The lowest BCUT2D eigenvalue weighted by molar-refractivity contribution is 0.559. The summed E-state index contributed by atoms with van der Waals surface area (Å²) in [5, 5.41) is 16.6. The Morgan fingerprint density at radius 2 is 1.25 bits per heavy atom. The van der Waals surface area contributed by atoms with Crippen LogP contribution in [0.5, 0.6) is 0 Å². The molecule has 0 unspecified atom stereocenters. The second-order valence-electron chi connectivity index (χ2n) is 3.97. The Hall–Kier alpha value is -1.20. The molecule has 10 heteroatoms. The fraction of sp³-hybridized carbons (Fsp3) is 0.800. The molecule has 0 heterocycles. The summed E-state index contributed by atoms with van der Waals surface area (Å²) in [7, 11) is -8.03. The van der Waals surface area contributed by atoms with Crippen molar-refractivity contribution < 1.29 is 16.8 Å². The lowest BCUT2D eigenvalue weighted by Crippen LogP contribution is -2.43. The van der Waals surface area contributed by atoms with Crippen LogP contribution in [0.3, 0.4) is 0 Å². The molecule has 20 heavy (non-hydrogen) atoms. The van der Waals surface area contributed by atoms with Gasteiger partial charge in [0.05, 0.1) is 12.1 Å². The maximum absolute atomic E-state index is 11.8. The number of unbranched alkanes of at least 4 members (excludes halogenated alkanes) is 2. The topological polar surface area (TPSA) is 140 Å². The summed E-state index contributed by atoms with van der Waals surface area (Å²) in [6, 6.07) is 3.72. The van der Waals surface area contributed by atoms with E-state index in [1.54, 1.807) is 0 Å². The van der Waals surface area contributed by atoms with E-state index >= 15 is 0 Å². The Labute approximate surface area is 119 Å². The molecule has 2 N–H and O–H groups in total. The summed E-state index contributed by atoms with van der Waals surface area (Å²) in [5.41, 5.74) is 0. The quantitative estimate of drug-likeness (QED) is 0.533. The Bertz CT molecular complexity index is 519. The molecule has 114 valence electrons. The maximum atomic E-state index is 11.8. The molecule has 0 aromatic rings. The monoisotopic (exact) mass is 322 g/mol. The van der Waals surface area contributed by atoms with E-state index < -0.39 is 24.6 Å². The van der Waals surface area contributed by atoms with Gasteiger partial charge >= 0.3 is 0 Å². The van der Waals surface area contributed by atoms with Gasteiger partial charge in [0.25, 0.3) is 0 Å². The molecule has 0 aromatic carbocycles. The van der Waals surface area contributed by atoms with Gasteiger partial charge < -0.3 is 0 Å². The van der Waals surface area contributed by atoms with Gasteiger partial charge in [0.2, 0.25) is 20.0 Å². The van der Waals surface area contributed by atoms with Crippen LogP contribution in [0.4, 0.5) is 0 Å². The van der Waals surface area contributed by atoms with Crippen molar-refractivity contribution in [1.29, 1.82) is 10.5 Å². The third kappa shape index (κ3) is 6.82. The largest absolute Gasteiger partial charge is 0.230 e. The van der Waals surface area contributed by atoms with Gasteiger partial charge in [-0.2, -0.15) is 10.5 Å². The van der Waals surface area contributed by atoms with E-state index in [2.05, 4.69) is 9.44 Å². The third-order valence-electron chi connectivity index (χ3n) is 2.41. The number of hydrogen-bond donors (Lipinski definition) is 2. The Morgan fingerprint density at radius 1 is 0.900 bits per heavy atom. The summed E-state index contributed by atoms with van der Waals surface area (Å²) >= 11 is 0. The molecule has 0 aliphatic carbocycles. The Kier molecular flexibility index (Phi) is 8.34. The first-order valence-electron chi connectivity index (χ1n) is 5.99. The molecular formula is C10H18N4O4S2. The molecule has 0 spiro atoms. The van der Waals surface area contributed by atoms with Crippen molar-refractivity contribution >= 4 is 20.0 Å². The second kappa shape index (κ2) is 8.87. The van der Waals surface area contributed by atoms with E-state index in [0.29, 0.717) is 12.8 Å². The van der Waals surface area contributed by atoms with Gasteiger partial charge in [0.15, 0.2) is 4.58 Å². The number of hydrogen-bond acceptors (Lipinski definition) is 6. The molecule has 0 saturated heterocycles. The van der Waals surface area contributed by atoms with Gasteiger partial charge in [-0.05, 0) is 19.8 Å². The van der Waals surface area contributed by atoms with Gasteiger partial charge in [-0.3, -0.25) is 0 Å². The van der Waals surface area contributed by atoms with E-state index in [9.17, 15) is 16.8 Å². The molecule has 0 atom stereocenters. The highest BCUT2D eigenvalue weighted by Gasteiger charge is 2.32. The van der Waals surface area contributed by atoms with E-state index in [1.165, 1.54) is 0 Å². The fourth-order valence-electron chi connectivity index (χ4n) is 1.17. The van der Waals surface area contributed by atoms with E-state index in [1.807, 2.05) is 12.1 Å². The van der Waals surface area contributed by atoms with Crippen molar-refractivity contribution in [1.82, 2.24) is 9.44 Å². The van der Waals surface area contributed by atoms with Gasteiger partial charge in [-0.25, -0.2) is 26.3 Å². The van der Waals surface area contributed by atoms with Crippen molar-refractivity contribution in [2.75, 3.05) is 13.1 Å². The Balaban J connectivity index is 4.50. The summed E-state index contributed by atoms with van der Waals surface area (Å²) in [6.45, 7) is 1.10. The molecule has 0 rings (SSSR count). The van der Waals surface area contributed by atoms with Crippen molar-refractivity contribution in [2.24, 2.45) is 0 Å². The second-order valence-corrected chi connectivity index (χ2v) is 8.44. The molecule has 0 aliphatic heterocycles. The summed E-state index contributed by atoms with van der Waals surface area (Å²) < 4.78 is 49.7. The first-order valence-corrected chi connectivity index (χ1v) is 9.08. The number of nitrogens with zero attached hydrogens (tertiary/aromatic N) is 2. The van der Waals surface area contributed by atoms with Crippen molar-refractivity contribution in [3.05, 3.63) is 0 Å². The highest BCUT2D eigenvalue weighted by Crippen LogP contribution is 2.06. The fourth-order valence-corrected chi connectivity index (χ4v) is 4.23.